The SMILES string of the molecule is Cn1cc(-c2ccc(C3CCn4c3c(C(N)=O)c(=O)n4-c3ccccc3)cc2)c2c(N)ncnc21. The second-order valence-corrected chi connectivity index (χ2v) is 8.77. The van der Waals surface area contributed by atoms with Crippen LogP contribution >= 0.6 is 0 Å². The van der Waals surface area contributed by atoms with Crippen LogP contribution in [0.2, 0.25) is 0 Å². The average molecular weight is 466 g/mol. The van der Waals surface area contributed by atoms with Crippen LogP contribution < -0.4 is 17.0 Å². The van der Waals surface area contributed by atoms with Crippen LogP contribution in [0.25, 0.3) is 27.8 Å². The van der Waals surface area contributed by atoms with Crippen LogP contribution in [-0.2, 0) is 13.6 Å². The van der Waals surface area contributed by atoms with E-state index in [0.717, 1.165) is 34.1 Å². The topological polar surface area (TPSA) is 127 Å². The summed E-state index contributed by atoms with van der Waals surface area (Å²) in [7, 11) is 1.92. The summed E-state index contributed by atoms with van der Waals surface area (Å²) in [6.07, 6.45) is 4.21. The van der Waals surface area contributed by atoms with Crippen molar-refractivity contribution in [1.82, 2.24) is 23.9 Å². The summed E-state index contributed by atoms with van der Waals surface area (Å²) in [4.78, 5) is 34.1. The van der Waals surface area contributed by atoms with E-state index in [0.29, 0.717) is 23.7 Å². The number of aromatic nitrogens is 5. The van der Waals surface area contributed by atoms with Crippen molar-refractivity contribution in [3.8, 4) is 16.8 Å². The molecule has 0 spiro atoms. The van der Waals surface area contributed by atoms with Crippen molar-refractivity contribution in [3.63, 3.8) is 0 Å². The van der Waals surface area contributed by atoms with Gasteiger partial charge in [-0.15, -0.1) is 0 Å². The molecule has 1 atom stereocenters. The summed E-state index contributed by atoms with van der Waals surface area (Å²) in [5.41, 5.74) is 16.6. The number of nitrogens with two attached hydrogens (primary N) is 2. The van der Waals surface area contributed by atoms with Gasteiger partial charge in [0.25, 0.3) is 11.5 Å². The zero-order chi connectivity index (χ0) is 24.3. The van der Waals surface area contributed by atoms with Crippen molar-refractivity contribution in [3.05, 3.63) is 94.3 Å². The van der Waals surface area contributed by atoms with Crippen LogP contribution in [-0.4, -0.2) is 29.8 Å². The Balaban J connectivity index is 1.45. The Bertz CT molecular complexity index is 1660. The Kier molecular flexibility index (Phi) is 4.60. The van der Waals surface area contributed by atoms with Gasteiger partial charge in [0.2, 0.25) is 0 Å². The minimum atomic E-state index is -0.705. The maximum atomic E-state index is 13.2. The van der Waals surface area contributed by atoms with E-state index in [1.165, 1.54) is 6.33 Å². The molecular formula is C26H23N7O2. The fourth-order valence-electron chi connectivity index (χ4n) is 5.26. The molecule has 4 heterocycles. The van der Waals surface area contributed by atoms with Crippen molar-refractivity contribution in [2.75, 3.05) is 5.73 Å². The number of aryl methyl sites for hydroxylation is 1. The normalized spacial score (nSPS) is 14.9. The van der Waals surface area contributed by atoms with Gasteiger partial charge in [-0.1, -0.05) is 42.5 Å². The van der Waals surface area contributed by atoms with Gasteiger partial charge in [-0.3, -0.25) is 14.3 Å². The van der Waals surface area contributed by atoms with Gasteiger partial charge in [-0.2, -0.15) is 0 Å². The van der Waals surface area contributed by atoms with Gasteiger partial charge in [0, 0.05) is 31.3 Å². The van der Waals surface area contributed by atoms with Crippen LogP contribution in [0.1, 0.15) is 34.0 Å². The highest BCUT2D eigenvalue weighted by atomic mass is 16.2. The second kappa shape index (κ2) is 7.69. The number of nitrogen functional groups attached to an aromatic ring is 1. The predicted octanol–water partition coefficient (Wildman–Crippen LogP) is 2.80. The molecule has 5 aromatic rings. The molecule has 0 aliphatic carbocycles. The molecule has 9 heteroatoms. The van der Waals surface area contributed by atoms with E-state index in [9.17, 15) is 9.59 Å². The summed E-state index contributed by atoms with van der Waals surface area (Å²) in [6.45, 7) is 0.608. The smallest absolute Gasteiger partial charge is 0.284 e. The van der Waals surface area contributed by atoms with Crippen molar-refractivity contribution >= 4 is 22.8 Å². The van der Waals surface area contributed by atoms with Crippen LogP contribution in [0.3, 0.4) is 0 Å². The standard InChI is InChI=1S/C26H23N7O2/c1-31-13-19(20-23(27)29-14-30-25(20)31)16-9-7-15(8-10-16)18-11-12-32-22(18)21(24(28)34)26(35)33(32)17-5-3-2-4-6-17/h2-10,13-14,18H,11-12H2,1H3,(H2,28,34)(H2,27,29,30). The Morgan fingerprint density at radius 3 is 2.51 bits per heavy atom. The molecule has 0 radical (unpaired) electrons. The Hall–Kier alpha value is -4.66. The van der Waals surface area contributed by atoms with E-state index in [1.54, 1.807) is 4.68 Å². The van der Waals surface area contributed by atoms with Crippen molar-refractivity contribution in [2.45, 2.75) is 18.9 Å². The van der Waals surface area contributed by atoms with Crippen LogP contribution in [0.4, 0.5) is 5.82 Å². The lowest BCUT2D eigenvalue weighted by Gasteiger charge is -2.12. The predicted molar refractivity (Wildman–Crippen MR) is 133 cm³/mol. The van der Waals surface area contributed by atoms with E-state index in [2.05, 4.69) is 9.97 Å². The van der Waals surface area contributed by atoms with Gasteiger partial charge in [-0.05, 0) is 29.7 Å². The van der Waals surface area contributed by atoms with Crippen LogP contribution in [0, 0.1) is 0 Å². The first-order valence-corrected chi connectivity index (χ1v) is 11.3. The molecule has 1 amide bonds. The molecule has 174 valence electrons. The third-order valence-corrected chi connectivity index (χ3v) is 6.80. The van der Waals surface area contributed by atoms with Crippen molar-refractivity contribution in [2.24, 2.45) is 12.8 Å². The van der Waals surface area contributed by atoms with Crippen molar-refractivity contribution in [1.29, 1.82) is 0 Å². The quantitative estimate of drug-likeness (QED) is 0.422. The molecule has 3 aromatic heterocycles. The van der Waals surface area contributed by atoms with E-state index < -0.39 is 5.91 Å². The lowest BCUT2D eigenvalue weighted by atomic mass is 9.91. The number of carbonyl (C=O) groups excluding carboxylic acids is 1. The zero-order valence-corrected chi connectivity index (χ0v) is 19.0. The maximum Gasteiger partial charge on any atom is 0.284 e. The zero-order valence-electron chi connectivity index (χ0n) is 19.0. The highest BCUT2D eigenvalue weighted by molar-refractivity contribution is 6.00. The van der Waals surface area contributed by atoms with Gasteiger partial charge in [0.15, 0.2) is 0 Å². The first-order chi connectivity index (χ1) is 17.0. The first-order valence-electron chi connectivity index (χ1n) is 11.3. The fourth-order valence-corrected chi connectivity index (χ4v) is 5.26. The third kappa shape index (κ3) is 3.08. The largest absolute Gasteiger partial charge is 0.383 e. The Morgan fingerprint density at radius 2 is 1.80 bits per heavy atom. The van der Waals surface area contributed by atoms with E-state index in [4.69, 9.17) is 11.5 Å². The number of rotatable bonds is 4. The number of primary amides is 1. The molecule has 4 N–H and O–H groups in total. The number of benzene rings is 2. The van der Waals surface area contributed by atoms with E-state index in [1.807, 2.05) is 77.1 Å². The second-order valence-electron chi connectivity index (χ2n) is 8.77. The number of anilines is 1. The van der Waals surface area contributed by atoms with Crippen molar-refractivity contribution < 1.29 is 4.79 Å². The van der Waals surface area contributed by atoms with Crippen LogP contribution in [0.5, 0.6) is 0 Å². The molecule has 0 saturated heterocycles. The lowest BCUT2D eigenvalue weighted by molar-refractivity contribution is 0.0998. The highest BCUT2D eigenvalue weighted by Gasteiger charge is 2.35. The monoisotopic (exact) mass is 465 g/mol. The fraction of sp³-hybridized carbons (Fsp3) is 0.154. The molecule has 2 aromatic carbocycles. The molecule has 35 heavy (non-hydrogen) atoms. The minimum absolute atomic E-state index is 0.0550. The number of amides is 1. The first kappa shape index (κ1) is 20.9. The summed E-state index contributed by atoms with van der Waals surface area (Å²) < 4.78 is 5.37. The number of hydrogen-bond acceptors (Lipinski definition) is 5. The molecule has 1 aliphatic heterocycles. The third-order valence-electron chi connectivity index (χ3n) is 6.80. The maximum absolute atomic E-state index is 13.2. The molecule has 6 rings (SSSR count). The van der Waals surface area contributed by atoms with E-state index >= 15 is 0 Å². The summed E-state index contributed by atoms with van der Waals surface area (Å²) in [5, 5.41) is 0.813. The minimum Gasteiger partial charge on any atom is -0.383 e. The number of nitrogens with zero attached hydrogens (tertiary/aromatic N) is 5. The lowest BCUT2D eigenvalue weighted by Crippen LogP contribution is -2.26. The van der Waals surface area contributed by atoms with Gasteiger partial charge >= 0.3 is 0 Å². The number of para-hydroxylation sites is 1. The summed E-state index contributed by atoms with van der Waals surface area (Å²) >= 11 is 0. The van der Waals surface area contributed by atoms with Gasteiger partial charge in [0.1, 0.15) is 23.4 Å². The molecular weight excluding hydrogens is 442 g/mol. The summed E-state index contributed by atoms with van der Waals surface area (Å²) in [5.74, 6) is -0.392. The summed E-state index contributed by atoms with van der Waals surface area (Å²) in [6, 6.07) is 17.4. The molecule has 0 saturated carbocycles. The van der Waals surface area contributed by atoms with Gasteiger partial charge in [0.05, 0.1) is 16.8 Å². The van der Waals surface area contributed by atoms with Crippen LogP contribution in [0.15, 0.2) is 71.9 Å². The number of fused-ring (bicyclic) bond motifs is 2. The van der Waals surface area contributed by atoms with Gasteiger partial charge < -0.3 is 16.0 Å². The molecule has 0 bridgehead atoms. The molecule has 0 fully saturated rings. The number of carbonyl (C=O) groups is 1. The average Bonchev–Trinajstić information content (AvgIpc) is 3.51. The Morgan fingerprint density at radius 1 is 1.06 bits per heavy atom. The highest BCUT2D eigenvalue weighted by Crippen LogP contribution is 2.38. The molecule has 9 nitrogen and oxygen atoms in total. The molecule has 1 aliphatic rings. The molecule has 1 unspecified atom stereocenters. The van der Waals surface area contributed by atoms with Gasteiger partial charge in [-0.25, -0.2) is 14.6 Å². The Labute approximate surface area is 200 Å². The number of hydrogen-bond donors (Lipinski definition) is 2. The van der Waals surface area contributed by atoms with E-state index in [-0.39, 0.29) is 17.0 Å².